The number of para-hydroxylation sites is 1. The van der Waals surface area contributed by atoms with Gasteiger partial charge in [0, 0.05) is 11.6 Å². The second kappa shape index (κ2) is 6.53. The molecule has 3 N–H and O–H groups in total. The first kappa shape index (κ1) is 16.7. The number of nitrogens with zero attached hydrogens (tertiary/aromatic N) is 1. The Hall–Kier alpha value is -2.73. The molecule has 0 spiro atoms. The maximum atomic E-state index is 14.0. The number of carbonyl (C=O) groups is 1. The molecule has 134 valence electrons. The molecular formula is C20H20FN3O2. The van der Waals surface area contributed by atoms with E-state index in [0.717, 1.165) is 5.69 Å². The molecule has 1 fully saturated rings. The number of hydrogen-bond acceptors (Lipinski definition) is 3. The summed E-state index contributed by atoms with van der Waals surface area (Å²) in [5.74, 6) is -0.548. The Labute approximate surface area is 150 Å². The van der Waals surface area contributed by atoms with E-state index in [1.165, 1.54) is 6.07 Å². The number of aromatic nitrogens is 2. The van der Waals surface area contributed by atoms with Crippen molar-refractivity contribution in [2.24, 2.45) is 5.92 Å². The van der Waals surface area contributed by atoms with Gasteiger partial charge >= 0.3 is 0 Å². The lowest BCUT2D eigenvalue weighted by molar-refractivity contribution is 0.0227. The average Bonchev–Trinajstić information content (AvgIpc) is 2.96. The van der Waals surface area contributed by atoms with Crippen LogP contribution in [0.4, 0.5) is 4.39 Å². The third-order valence-electron chi connectivity index (χ3n) is 5.18. The predicted molar refractivity (Wildman–Crippen MR) is 96.2 cm³/mol. The fourth-order valence-corrected chi connectivity index (χ4v) is 3.65. The lowest BCUT2D eigenvalue weighted by Crippen LogP contribution is -2.42. The summed E-state index contributed by atoms with van der Waals surface area (Å²) < 4.78 is 14.0. The standard InChI is InChI=1S/C20H20FN3O2/c1-11-14-5-4-6-15(21)19(14)23-17(11)20(26)24-18(12-9-13(25)10-12)16-7-2-3-8-22-16/h2-8,12-13,18,23,25H,9-10H2,1H3,(H,24,26). The van der Waals surface area contributed by atoms with Crippen molar-refractivity contribution < 1.29 is 14.3 Å². The molecule has 1 aliphatic rings. The van der Waals surface area contributed by atoms with Crippen molar-refractivity contribution in [3.8, 4) is 0 Å². The molecular weight excluding hydrogens is 333 g/mol. The summed E-state index contributed by atoms with van der Waals surface area (Å²) in [6.07, 6.45) is 2.61. The van der Waals surface area contributed by atoms with Crippen LogP contribution in [0.1, 0.15) is 40.6 Å². The number of benzene rings is 1. The monoisotopic (exact) mass is 353 g/mol. The number of H-pyrrole nitrogens is 1. The molecule has 6 heteroatoms. The Morgan fingerprint density at radius 3 is 2.77 bits per heavy atom. The van der Waals surface area contributed by atoms with E-state index in [4.69, 9.17) is 0 Å². The number of fused-ring (bicyclic) bond motifs is 1. The van der Waals surface area contributed by atoms with Gasteiger partial charge in [0.1, 0.15) is 11.5 Å². The van der Waals surface area contributed by atoms with Crippen LogP contribution in [-0.2, 0) is 0 Å². The molecule has 2 heterocycles. The normalized spacial score (nSPS) is 20.6. The van der Waals surface area contributed by atoms with E-state index in [9.17, 15) is 14.3 Å². The summed E-state index contributed by atoms with van der Waals surface area (Å²) in [6.45, 7) is 1.80. The van der Waals surface area contributed by atoms with Gasteiger partial charge < -0.3 is 15.4 Å². The maximum Gasteiger partial charge on any atom is 0.268 e. The molecule has 5 nitrogen and oxygen atoms in total. The van der Waals surface area contributed by atoms with Crippen molar-refractivity contribution in [3.63, 3.8) is 0 Å². The number of hydrogen-bond donors (Lipinski definition) is 3. The Kier molecular flexibility index (Phi) is 4.20. The van der Waals surface area contributed by atoms with E-state index in [0.29, 0.717) is 35.0 Å². The van der Waals surface area contributed by atoms with E-state index >= 15 is 0 Å². The molecule has 0 saturated heterocycles. The van der Waals surface area contributed by atoms with Gasteiger partial charge in [0.25, 0.3) is 5.91 Å². The number of amides is 1. The number of nitrogens with one attached hydrogen (secondary N) is 2. The zero-order valence-electron chi connectivity index (χ0n) is 14.4. The van der Waals surface area contributed by atoms with Gasteiger partial charge in [0.15, 0.2) is 0 Å². The van der Waals surface area contributed by atoms with Crippen molar-refractivity contribution in [3.05, 3.63) is 65.4 Å². The minimum atomic E-state index is -0.381. The fourth-order valence-electron chi connectivity index (χ4n) is 3.65. The molecule has 1 saturated carbocycles. The van der Waals surface area contributed by atoms with E-state index in [2.05, 4.69) is 15.3 Å². The summed E-state index contributed by atoms with van der Waals surface area (Å²) >= 11 is 0. The number of aliphatic hydroxyl groups is 1. The summed E-state index contributed by atoms with van der Waals surface area (Å²) in [5.41, 5.74) is 2.16. The van der Waals surface area contributed by atoms with Crippen LogP contribution in [0.5, 0.6) is 0 Å². The van der Waals surface area contributed by atoms with Crippen molar-refractivity contribution in [1.29, 1.82) is 0 Å². The third kappa shape index (κ3) is 2.86. The lowest BCUT2D eigenvalue weighted by atomic mass is 9.76. The first-order valence-corrected chi connectivity index (χ1v) is 8.71. The number of aliphatic hydroxyl groups excluding tert-OH is 1. The molecule has 2 aromatic heterocycles. The second-order valence-corrected chi connectivity index (χ2v) is 6.88. The Morgan fingerprint density at radius 1 is 1.31 bits per heavy atom. The summed E-state index contributed by atoms with van der Waals surface area (Å²) in [4.78, 5) is 20.2. The predicted octanol–water partition coefficient (Wildman–Crippen LogP) is 3.25. The first-order valence-electron chi connectivity index (χ1n) is 8.71. The van der Waals surface area contributed by atoms with Gasteiger partial charge in [-0.2, -0.15) is 0 Å². The smallest absolute Gasteiger partial charge is 0.268 e. The topological polar surface area (TPSA) is 78.0 Å². The largest absolute Gasteiger partial charge is 0.393 e. The Bertz CT molecular complexity index is 948. The van der Waals surface area contributed by atoms with Crippen LogP contribution in [0, 0.1) is 18.7 Å². The summed E-state index contributed by atoms with van der Waals surface area (Å²) in [7, 11) is 0. The average molecular weight is 353 g/mol. The SMILES string of the molecule is Cc1c(C(=O)NC(c2ccccn2)C2CC(O)C2)[nH]c2c(F)cccc12. The van der Waals surface area contributed by atoms with E-state index in [-0.39, 0.29) is 29.8 Å². The van der Waals surface area contributed by atoms with Crippen molar-refractivity contribution in [2.45, 2.75) is 31.9 Å². The lowest BCUT2D eigenvalue weighted by Gasteiger charge is -2.37. The molecule has 0 radical (unpaired) electrons. The molecule has 1 unspecified atom stereocenters. The van der Waals surface area contributed by atoms with Gasteiger partial charge in [-0.3, -0.25) is 9.78 Å². The van der Waals surface area contributed by atoms with E-state index in [1.807, 2.05) is 18.2 Å². The van der Waals surface area contributed by atoms with Gasteiger partial charge in [-0.1, -0.05) is 18.2 Å². The molecule has 0 aliphatic heterocycles. The molecule has 1 aliphatic carbocycles. The van der Waals surface area contributed by atoms with Gasteiger partial charge in [0.05, 0.1) is 23.4 Å². The van der Waals surface area contributed by atoms with Gasteiger partial charge in [0.2, 0.25) is 0 Å². The minimum Gasteiger partial charge on any atom is -0.393 e. The molecule has 0 bridgehead atoms. The van der Waals surface area contributed by atoms with Gasteiger partial charge in [-0.15, -0.1) is 0 Å². The van der Waals surface area contributed by atoms with Crippen LogP contribution in [0.3, 0.4) is 0 Å². The van der Waals surface area contributed by atoms with E-state index in [1.54, 1.807) is 25.3 Å². The van der Waals surface area contributed by atoms with Crippen LogP contribution >= 0.6 is 0 Å². The zero-order valence-corrected chi connectivity index (χ0v) is 14.4. The van der Waals surface area contributed by atoms with Gasteiger partial charge in [-0.25, -0.2) is 4.39 Å². The Morgan fingerprint density at radius 2 is 2.12 bits per heavy atom. The van der Waals surface area contributed by atoms with Crippen LogP contribution in [0.25, 0.3) is 10.9 Å². The van der Waals surface area contributed by atoms with E-state index < -0.39 is 0 Å². The molecule has 26 heavy (non-hydrogen) atoms. The number of pyridine rings is 1. The third-order valence-corrected chi connectivity index (χ3v) is 5.18. The zero-order chi connectivity index (χ0) is 18.3. The first-order chi connectivity index (χ1) is 12.5. The van der Waals surface area contributed by atoms with Crippen LogP contribution in [0.15, 0.2) is 42.6 Å². The maximum absolute atomic E-state index is 14.0. The highest BCUT2D eigenvalue weighted by Gasteiger charge is 2.36. The molecule has 4 rings (SSSR count). The summed E-state index contributed by atoms with van der Waals surface area (Å²) in [5, 5.41) is 13.4. The minimum absolute atomic E-state index is 0.130. The highest BCUT2D eigenvalue weighted by atomic mass is 19.1. The van der Waals surface area contributed by atoms with Crippen molar-refractivity contribution in [2.75, 3.05) is 0 Å². The highest BCUT2D eigenvalue weighted by Crippen LogP contribution is 2.37. The molecule has 3 aromatic rings. The number of aryl methyl sites for hydroxylation is 1. The molecule has 1 atom stereocenters. The molecule has 1 amide bonds. The van der Waals surface area contributed by atoms with Crippen LogP contribution in [-0.4, -0.2) is 27.1 Å². The molecule has 1 aromatic carbocycles. The number of carbonyl (C=O) groups excluding carboxylic acids is 1. The highest BCUT2D eigenvalue weighted by molar-refractivity contribution is 6.01. The Balaban J connectivity index is 1.65. The van der Waals surface area contributed by atoms with Crippen molar-refractivity contribution >= 4 is 16.8 Å². The van der Waals surface area contributed by atoms with Crippen molar-refractivity contribution in [1.82, 2.24) is 15.3 Å². The van der Waals surface area contributed by atoms with Crippen LogP contribution in [0.2, 0.25) is 0 Å². The second-order valence-electron chi connectivity index (χ2n) is 6.88. The summed E-state index contributed by atoms with van der Waals surface area (Å²) in [6, 6.07) is 10.1. The number of rotatable bonds is 4. The fraction of sp³-hybridized carbons (Fsp3) is 0.300. The van der Waals surface area contributed by atoms with Crippen LogP contribution < -0.4 is 5.32 Å². The number of halogens is 1. The quantitative estimate of drug-likeness (QED) is 0.674. The number of aromatic amines is 1. The van der Waals surface area contributed by atoms with Gasteiger partial charge in [-0.05, 0) is 49.4 Å².